The first-order valence-corrected chi connectivity index (χ1v) is 5.27. The number of amides is 2. The number of aliphatic carboxylic acids is 1. The lowest BCUT2D eigenvalue weighted by Crippen LogP contribution is -2.45. The number of hydrogen-bond donors (Lipinski definition) is 3. The van der Waals surface area contributed by atoms with Crippen LogP contribution in [-0.4, -0.2) is 27.6 Å². The molecule has 6 heteroatoms. The van der Waals surface area contributed by atoms with E-state index in [4.69, 9.17) is 5.11 Å². The highest BCUT2D eigenvalue weighted by molar-refractivity contribution is 5.95. The zero-order chi connectivity index (χ0) is 12.5. The topological polar surface area (TPSA) is 91.3 Å². The molecule has 1 heterocycles. The second kappa shape index (κ2) is 4.04. The molecule has 6 nitrogen and oxygen atoms in total. The molecule has 0 aliphatic heterocycles. The summed E-state index contributed by atoms with van der Waals surface area (Å²) in [4.78, 5) is 26.4. The molecule has 2 amide bonds. The Kier molecular flexibility index (Phi) is 2.71. The second-order valence-electron chi connectivity index (χ2n) is 4.15. The van der Waals surface area contributed by atoms with E-state index in [1.165, 1.54) is 6.20 Å². The average Bonchev–Trinajstić information content (AvgIpc) is 3.02. The van der Waals surface area contributed by atoms with Crippen LogP contribution in [0.2, 0.25) is 0 Å². The van der Waals surface area contributed by atoms with E-state index in [2.05, 4.69) is 15.6 Å². The summed E-state index contributed by atoms with van der Waals surface area (Å²) in [5.74, 6) is -0.991. The molecule has 1 aliphatic carbocycles. The number of carboxylic acid groups (broad SMARTS) is 1. The monoisotopic (exact) mass is 235 g/mol. The molecule has 0 spiro atoms. The number of rotatable bonds is 3. The Labute approximate surface area is 98.1 Å². The number of carbonyl (C=O) groups excluding carboxylic acids is 1. The van der Waals surface area contributed by atoms with Gasteiger partial charge in [-0.3, -0.25) is 4.98 Å². The second-order valence-corrected chi connectivity index (χ2v) is 4.15. The maximum absolute atomic E-state index is 11.5. The van der Waals surface area contributed by atoms with Crippen molar-refractivity contribution < 1.29 is 14.7 Å². The van der Waals surface area contributed by atoms with Crippen molar-refractivity contribution in [1.82, 2.24) is 10.3 Å². The van der Waals surface area contributed by atoms with Crippen LogP contribution in [0.5, 0.6) is 0 Å². The van der Waals surface area contributed by atoms with Gasteiger partial charge in [-0.2, -0.15) is 0 Å². The highest BCUT2D eigenvalue weighted by atomic mass is 16.4. The van der Waals surface area contributed by atoms with E-state index in [0.29, 0.717) is 18.5 Å². The van der Waals surface area contributed by atoms with E-state index >= 15 is 0 Å². The number of carboxylic acids is 1. The fraction of sp³-hybridized carbons (Fsp3) is 0.364. The van der Waals surface area contributed by atoms with Gasteiger partial charge in [0.2, 0.25) is 0 Å². The number of pyridine rings is 1. The smallest absolute Gasteiger partial charge is 0.329 e. The van der Waals surface area contributed by atoms with Crippen LogP contribution in [0.4, 0.5) is 10.5 Å². The van der Waals surface area contributed by atoms with Crippen LogP contribution in [0.25, 0.3) is 0 Å². The van der Waals surface area contributed by atoms with Crippen LogP contribution in [0.3, 0.4) is 0 Å². The summed E-state index contributed by atoms with van der Waals surface area (Å²) in [5.41, 5.74) is 0.316. The first kappa shape index (κ1) is 11.4. The summed E-state index contributed by atoms with van der Waals surface area (Å²) < 4.78 is 0. The normalized spacial score (nSPS) is 16.1. The summed E-state index contributed by atoms with van der Waals surface area (Å²) in [6.45, 7) is 1.84. The molecule has 0 bridgehead atoms. The van der Waals surface area contributed by atoms with Crippen molar-refractivity contribution in [3.63, 3.8) is 0 Å². The number of anilines is 1. The lowest BCUT2D eigenvalue weighted by molar-refractivity contribution is -0.140. The van der Waals surface area contributed by atoms with Gasteiger partial charge in [-0.15, -0.1) is 0 Å². The molecular weight excluding hydrogens is 222 g/mol. The summed E-state index contributed by atoms with van der Waals surface area (Å²) >= 11 is 0. The summed E-state index contributed by atoms with van der Waals surface area (Å²) in [6, 6.07) is 2.96. The summed E-state index contributed by atoms with van der Waals surface area (Å²) in [7, 11) is 0. The van der Waals surface area contributed by atoms with Crippen molar-refractivity contribution in [2.75, 3.05) is 5.32 Å². The quantitative estimate of drug-likeness (QED) is 0.732. The number of hydrogen-bond acceptors (Lipinski definition) is 3. The molecule has 0 atom stereocenters. The Hall–Kier alpha value is -2.11. The maximum atomic E-state index is 11.5. The Bertz CT molecular complexity index is 452. The van der Waals surface area contributed by atoms with Crippen molar-refractivity contribution in [2.24, 2.45) is 0 Å². The molecule has 1 aliphatic rings. The first-order chi connectivity index (χ1) is 8.02. The van der Waals surface area contributed by atoms with E-state index < -0.39 is 17.5 Å². The van der Waals surface area contributed by atoms with E-state index in [0.717, 1.165) is 5.69 Å². The molecule has 1 fully saturated rings. The fourth-order valence-electron chi connectivity index (χ4n) is 1.44. The standard InChI is InChI=1S/C11H13N3O3/c1-7-2-3-8(6-12-7)13-10(17)14-11(4-5-11)9(15)16/h2-3,6H,4-5H2,1H3,(H,15,16)(H2,13,14,17). The Morgan fingerprint density at radius 1 is 1.41 bits per heavy atom. The third-order valence-electron chi connectivity index (χ3n) is 2.68. The van der Waals surface area contributed by atoms with Crippen molar-refractivity contribution in [3.8, 4) is 0 Å². The maximum Gasteiger partial charge on any atom is 0.329 e. The minimum absolute atomic E-state index is 0.474. The number of nitrogens with zero attached hydrogens (tertiary/aromatic N) is 1. The van der Waals surface area contributed by atoms with Crippen LogP contribution >= 0.6 is 0 Å². The van der Waals surface area contributed by atoms with Gasteiger partial charge in [-0.1, -0.05) is 0 Å². The van der Waals surface area contributed by atoms with Gasteiger partial charge >= 0.3 is 12.0 Å². The highest BCUT2D eigenvalue weighted by Gasteiger charge is 2.51. The Morgan fingerprint density at radius 2 is 2.12 bits per heavy atom. The highest BCUT2D eigenvalue weighted by Crippen LogP contribution is 2.35. The average molecular weight is 235 g/mol. The van der Waals surface area contributed by atoms with Crippen molar-refractivity contribution in [1.29, 1.82) is 0 Å². The molecule has 0 aromatic carbocycles. The molecule has 2 rings (SSSR count). The largest absolute Gasteiger partial charge is 0.480 e. The van der Waals surface area contributed by atoms with Gasteiger partial charge in [0.25, 0.3) is 0 Å². The van der Waals surface area contributed by atoms with Crippen LogP contribution in [-0.2, 0) is 4.79 Å². The third-order valence-corrected chi connectivity index (χ3v) is 2.68. The molecule has 17 heavy (non-hydrogen) atoms. The van der Waals surface area contributed by atoms with Gasteiger partial charge in [0, 0.05) is 5.69 Å². The molecule has 90 valence electrons. The van der Waals surface area contributed by atoms with Crippen LogP contribution in [0.1, 0.15) is 18.5 Å². The minimum atomic E-state index is -1.07. The molecule has 0 unspecified atom stereocenters. The number of aromatic nitrogens is 1. The third kappa shape index (κ3) is 2.52. The first-order valence-electron chi connectivity index (χ1n) is 5.27. The van der Waals surface area contributed by atoms with E-state index in [-0.39, 0.29) is 0 Å². The molecule has 0 saturated heterocycles. The van der Waals surface area contributed by atoms with Crippen molar-refractivity contribution in [2.45, 2.75) is 25.3 Å². The predicted molar refractivity (Wildman–Crippen MR) is 60.7 cm³/mol. The number of carbonyl (C=O) groups is 2. The van der Waals surface area contributed by atoms with Gasteiger partial charge in [-0.25, -0.2) is 9.59 Å². The number of aryl methyl sites for hydroxylation is 1. The Morgan fingerprint density at radius 3 is 2.59 bits per heavy atom. The van der Waals surface area contributed by atoms with Gasteiger partial charge in [-0.05, 0) is 31.9 Å². The number of nitrogens with one attached hydrogen (secondary N) is 2. The summed E-state index contributed by atoms with van der Waals surface area (Å²) in [5, 5.41) is 13.9. The van der Waals surface area contributed by atoms with Crippen LogP contribution in [0, 0.1) is 6.92 Å². The fourth-order valence-corrected chi connectivity index (χ4v) is 1.44. The minimum Gasteiger partial charge on any atom is -0.480 e. The zero-order valence-electron chi connectivity index (χ0n) is 9.36. The molecule has 1 aromatic rings. The van der Waals surface area contributed by atoms with Gasteiger partial charge in [0.15, 0.2) is 0 Å². The summed E-state index contributed by atoms with van der Waals surface area (Å²) in [6.07, 6.45) is 2.47. The molecule has 1 aromatic heterocycles. The number of urea groups is 1. The lowest BCUT2D eigenvalue weighted by atomic mass is 10.3. The van der Waals surface area contributed by atoms with E-state index in [1.54, 1.807) is 12.1 Å². The van der Waals surface area contributed by atoms with E-state index in [1.807, 2.05) is 6.92 Å². The van der Waals surface area contributed by atoms with Crippen LogP contribution < -0.4 is 10.6 Å². The Balaban J connectivity index is 1.94. The van der Waals surface area contributed by atoms with E-state index in [9.17, 15) is 9.59 Å². The zero-order valence-corrected chi connectivity index (χ0v) is 9.36. The predicted octanol–water partition coefficient (Wildman–Crippen LogP) is 1.13. The van der Waals surface area contributed by atoms with Crippen LogP contribution in [0.15, 0.2) is 18.3 Å². The van der Waals surface area contributed by atoms with Gasteiger partial charge < -0.3 is 15.7 Å². The molecule has 3 N–H and O–H groups in total. The molecule has 1 saturated carbocycles. The van der Waals surface area contributed by atoms with Crippen molar-refractivity contribution in [3.05, 3.63) is 24.0 Å². The molecular formula is C11H13N3O3. The SMILES string of the molecule is Cc1ccc(NC(=O)NC2(C(=O)O)CC2)cn1. The van der Waals surface area contributed by atoms with Gasteiger partial charge in [0.05, 0.1) is 11.9 Å². The van der Waals surface area contributed by atoms with Gasteiger partial charge in [0.1, 0.15) is 5.54 Å². The molecule has 0 radical (unpaired) electrons. The van der Waals surface area contributed by atoms with Crippen molar-refractivity contribution >= 4 is 17.7 Å². The lowest BCUT2D eigenvalue weighted by Gasteiger charge is -2.13.